The number of hydrogen-bond donors (Lipinski definition) is 3. The van der Waals surface area contributed by atoms with Crippen molar-refractivity contribution < 1.29 is 41.8 Å². The first-order valence-corrected chi connectivity index (χ1v) is 20.4. The molecule has 0 unspecified atom stereocenters. The summed E-state index contributed by atoms with van der Waals surface area (Å²) in [5.41, 5.74) is -2.99. The number of aromatic nitrogens is 2. The molecule has 0 spiro atoms. The maximum Gasteiger partial charge on any atom is 0.408 e. The fourth-order valence-corrected chi connectivity index (χ4v) is 8.34. The summed E-state index contributed by atoms with van der Waals surface area (Å²) < 4.78 is 45.4. The molecule has 4 atom stereocenters. The van der Waals surface area contributed by atoms with Crippen molar-refractivity contribution in [2.75, 3.05) is 13.7 Å². The third-order valence-electron chi connectivity index (χ3n) is 9.22. The van der Waals surface area contributed by atoms with Crippen molar-refractivity contribution in [2.45, 2.75) is 109 Å². The van der Waals surface area contributed by atoms with Gasteiger partial charge in [-0.3, -0.25) is 19.1 Å². The lowest BCUT2D eigenvalue weighted by Gasteiger charge is -2.36. The van der Waals surface area contributed by atoms with E-state index in [0.29, 0.717) is 40.1 Å². The van der Waals surface area contributed by atoms with Crippen LogP contribution in [0.2, 0.25) is 0 Å². The molecular weight excluding hydrogens is 749 g/mol. The van der Waals surface area contributed by atoms with E-state index < -0.39 is 73.8 Å². The Labute approximate surface area is 325 Å². The SMILES string of the molecule is C=CC[C@@](C)(NC(=O)[C@@H]1C[C@@H](Oc2nc(-c3nccs3)c(OC)c3ccccc23)CN1C(=O)[C@@H](NC(=O)OC(C)(C)C)C(C)(C)C)C(=O)NS(=O)(=O)C1CC1. The van der Waals surface area contributed by atoms with Crippen LogP contribution in [0.5, 0.6) is 11.6 Å². The Balaban J connectivity index is 1.52. The van der Waals surface area contributed by atoms with Gasteiger partial charge in [0.2, 0.25) is 27.7 Å². The minimum absolute atomic E-state index is 0.0400. The number of sulfonamides is 1. The fourth-order valence-electron chi connectivity index (χ4n) is 6.31. The normalized spacial score (nSPS) is 19.2. The largest absolute Gasteiger partial charge is 0.494 e. The van der Waals surface area contributed by atoms with Crippen LogP contribution in [-0.2, 0) is 29.1 Å². The summed E-state index contributed by atoms with van der Waals surface area (Å²) in [5, 5.41) is 8.49. The van der Waals surface area contributed by atoms with E-state index in [4.69, 9.17) is 19.2 Å². The molecule has 1 aliphatic heterocycles. The number of carbonyl (C=O) groups is 4. The van der Waals surface area contributed by atoms with Crippen molar-refractivity contribution in [3.63, 3.8) is 0 Å². The molecule has 3 N–H and O–H groups in total. The quantitative estimate of drug-likeness (QED) is 0.203. The van der Waals surface area contributed by atoms with Crippen LogP contribution in [0.25, 0.3) is 21.5 Å². The van der Waals surface area contributed by atoms with E-state index in [1.165, 1.54) is 29.2 Å². The number of benzene rings is 1. The molecule has 5 rings (SSSR count). The first-order valence-electron chi connectivity index (χ1n) is 18.0. The third kappa shape index (κ3) is 9.55. The number of hydrogen-bond acceptors (Lipinski definition) is 12. The zero-order valence-corrected chi connectivity index (χ0v) is 34.1. The van der Waals surface area contributed by atoms with Gasteiger partial charge >= 0.3 is 6.09 Å². The molecule has 1 aliphatic carbocycles. The molecule has 298 valence electrons. The van der Waals surface area contributed by atoms with Gasteiger partial charge in [-0.1, -0.05) is 45.0 Å². The van der Waals surface area contributed by atoms with Gasteiger partial charge in [0.15, 0.2) is 5.75 Å². The first-order chi connectivity index (χ1) is 25.7. The number of methoxy groups -OCH3 is 1. The summed E-state index contributed by atoms with van der Waals surface area (Å²) >= 11 is 1.37. The minimum atomic E-state index is -3.95. The molecule has 55 heavy (non-hydrogen) atoms. The van der Waals surface area contributed by atoms with Gasteiger partial charge in [0, 0.05) is 28.8 Å². The predicted molar refractivity (Wildman–Crippen MR) is 208 cm³/mol. The predicted octanol–water partition coefficient (Wildman–Crippen LogP) is 4.71. The van der Waals surface area contributed by atoms with Crippen molar-refractivity contribution in [2.24, 2.45) is 5.41 Å². The molecule has 1 aromatic carbocycles. The Bertz CT molecular complexity index is 2060. The van der Waals surface area contributed by atoms with Gasteiger partial charge in [-0.15, -0.1) is 17.9 Å². The Morgan fingerprint density at radius 3 is 2.31 bits per heavy atom. The molecule has 4 amide bonds. The van der Waals surface area contributed by atoms with Gasteiger partial charge in [0.05, 0.1) is 18.9 Å². The highest BCUT2D eigenvalue weighted by Gasteiger charge is 2.49. The molecule has 2 aliphatic rings. The van der Waals surface area contributed by atoms with Gasteiger partial charge in [-0.2, -0.15) is 0 Å². The van der Waals surface area contributed by atoms with Crippen LogP contribution in [0.15, 0.2) is 48.5 Å². The van der Waals surface area contributed by atoms with Crippen molar-refractivity contribution in [1.29, 1.82) is 0 Å². The van der Waals surface area contributed by atoms with Gasteiger partial charge in [-0.25, -0.2) is 23.2 Å². The molecule has 3 heterocycles. The Morgan fingerprint density at radius 2 is 1.75 bits per heavy atom. The maximum absolute atomic E-state index is 14.6. The maximum atomic E-state index is 14.6. The summed E-state index contributed by atoms with van der Waals surface area (Å²) in [6.07, 6.45) is 2.15. The lowest BCUT2D eigenvalue weighted by molar-refractivity contribution is -0.143. The number of pyridine rings is 1. The van der Waals surface area contributed by atoms with Gasteiger partial charge < -0.3 is 29.7 Å². The number of fused-ring (bicyclic) bond motifs is 1. The highest BCUT2D eigenvalue weighted by atomic mass is 32.2. The van der Waals surface area contributed by atoms with Crippen LogP contribution in [-0.4, -0.2) is 95.3 Å². The topological polar surface area (TPSA) is 195 Å². The van der Waals surface area contributed by atoms with Crippen molar-refractivity contribution in [3.8, 4) is 22.3 Å². The number of rotatable bonds is 13. The van der Waals surface area contributed by atoms with E-state index in [0.717, 1.165) is 0 Å². The number of nitrogens with zero attached hydrogens (tertiary/aromatic N) is 3. The van der Waals surface area contributed by atoms with E-state index in [1.54, 1.807) is 54.8 Å². The number of alkyl carbamates (subject to hydrolysis) is 1. The summed E-state index contributed by atoms with van der Waals surface area (Å²) in [6.45, 7) is 15.4. The highest BCUT2D eigenvalue weighted by molar-refractivity contribution is 7.91. The monoisotopic (exact) mass is 798 g/mol. The van der Waals surface area contributed by atoms with E-state index in [2.05, 4.69) is 26.9 Å². The molecular formula is C38H50N6O9S2. The molecule has 17 heteroatoms. The van der Waals surface area contributed by atoms with Gasteiger partial charge in [0.1, 0.15) is 40.0 Å². The van der Waals surface area contributed by atoms with Gasteiger partial charge in [-0.05, 0) is 58.4 Å². The van der Waals surface area contributed by atoms with E-state index in [9.17, 15) is 27.6 Å². The molecule has 1 saturated carbocycles. The smallest absolute Gasteiger partial charge is 0.408 e. The van der Waals surface area contributed by atoms with Crippen LogP contribution in [0.1, 0.15) is 74.1 Å². The van der Waals surface area contributed by atoms with E-state index >= 15 is 0 Å². The first kappa shape index (κ1) is 41.4. The summed E-state index contributed by atoms with van der Waals surface area (Å²) in [6, 6.07) is 5.00. The number of ether oxygens (including phenoxy) is 3. The van der Waals surface area contributed by atoms with Crippen molar-refractivity contribution >= 4 is 55.9 Å². The number of carbonyl (C=O) groups excluding carboxylic acids is 4. The van der Waals surface area contributed by atoms with Crippen LogP contribution >= 0.6 is 11.3 Å². The number of thiazole rings is 1. The molecule has 0 bridgehead atoms. The lowest BCUT2D eigenvalue weighted by atomic mass is 9.85. The number of amides is 4. The van der Waals surface area contributed by atoms with Crippen LogP contribution in [0, 0.1) is 5.41 Å². The minimum Gasteiger partial charge on any atom is -0.494 e. The summed E-state index contributed by atoms with van der Waals surface area (Å²) in [4.78, 5) is 66.1. The molecule has 2 aromatic heterocycles. The molecule has 0 radical (unpaired) electrons. The molecule has 1 saturated heterocycles. The number of nitrogens with one attached hydrogen (secondary N) is 3. The highest BCUT2D eigenvalue weighted by Crippen LogP contribution is 2.41. The average molecular weight is 799 g/mol. The summed E-state index contributed by atoms with van der Waals surface area (Å²) in [5.74, 6) is -1.53. The Kier molecular flexibility index (Phi) is 11.9. The third-order valence-corrected chi connectivity index (χ3v) is 11.8. The van der Waals surface area contributed by atoms with Crippen LogP contribution in [0.4, 0.5) is 4.79 Å². The second-order valence-electron chi connectivity index (χ2n) is 16.1. The summed E-state index contributed by atoms with van der Waals surface area (Å²) in [7, 11) is -2.40. The standard InChI is InChI=1S/C38H50N6O9S2/c1-10-17-38(8,34(47)43-55(49,50)23-15-16-23)42-30(45)26-20-22(21-44(26)33(46)29(36(2,3)4)41-35(48)53-37(5,6)7)52-31-25-14-12-11-13-24(25)28(51-9)27(40-31)32-39-18-19-54-32/h10-14,18-19,22-23,26,29H,1,15-17,20-21H2,2-9H3,(H,41,48)(H,42,45)(H,43,47)/t22-,26+,29-,38-/m1/s1. The fraction of sp³-hybridized carbons (Fsp3) is 0.526. The van der Waals surface area contributed by atoms with Crippen molar-refractivity contribution in [1.82, 2.24) is 30.2 Å². The Hall–Kier alpha value is -4.77. The van der Waals surface area contributed by atoms with Crippen LogP contribution in [0.3, 0.4) is 0 Å². The number of likely N-dealkylation sites (tertiary alicyclic amines) is 1. The second kappa shape index (κ2) is 15.8. The van der Waals surface area contributed by atoms with E-state index in [-0.39, 0.29) is 25.3 Å². The average Bonchev–Trinajstić information content (AvgIpc) is 3.66. The van der Waals surface area contributed by atoms with Crippen LogP contribution < -0.4 is 24.8 Å². The van der Waals surface area contributed by atoms with Gasteiger partial charge in [0.25, 0.3) is 5.91 Å². The Morgan fingerprint density at radius 1 is 1.07 bits per heavy atom. The molecule has 2 fully saturated rings. The zero-order chi connectivity index (χ0) is 40.5. The molecule has 3 aromatic rings. The molecule has 15 nitrogen and oxygen atoms in total. The van der Waals surface area contributed by atoms with Crippen molar-refractivity contribution in [3.05, 3.63) is 48.5 Å². The lowest BCUT2D eigenvalue weighted by Crippen LogP contribution is -2.62. The second-order valence-corrected chi connectivity index (χ2v) is 19.0. The zero-order valence-electron chi connectivity index (χ0n) is 32.4. The van der Waals surface area contributed by atoms with E-state index in [1.807, 2.05) is 29.6 Å².